The molecule has 0 aromatic heterocycles. The van der Waals surface area contributed by atoms with E-state index < -0.39 is 16.1 Å². The molecule has 0 unspecified atom stereocenters. The Morgan fingerprint density at radius 2 is 1.71 bits per heavy atom. The summed E-state index contributed by atoms with van der Waals surface area (Å²) < 4.78 is 26.7. The van der Waals surface area contributed by atoms with E-state index in [9.17, 15) is 18.0 Å². The van der Waals surface area contributed by atoms with E-state index in [2.05, 4.69) is 5.32 Å². The second kappa shape index (κ2) is 7.29. The van der Waals surface area contributed by atoms with E-state index in [-0.39, 0.29) is 11.8 Å². The molecule has 0 atom stereocenters. The first-order chi connectivity index (χ1) is 11.2. The van der Waals surface area contributed by atoms with Gasteiger partial charge in [0.1, 0.15) is 0 Å². The number of carbonyl (C=O) groups is 2. The zero-order valence-corrected chi connectivity index (χ0v) is 14.5. The molecule has 0 spiro atoms. The van der Waals surface area contributed by atoms with Gasteiger partial charge in [0.15, 0.2) is 0 Å². The van der Waals surface area contributed by atoms with Crippen molar-refractivity contribution in [2.75, 3.05) is 32.5 Å². The molecule has 1 aromatic rings. The van der Waals surface area contributed by atoms with E-state index in [0.717, 1.165) is 0 Å². The average Bonchev–Trinajstić information content (AvgIpc) is 2.55. The van der Waals surface area contributed by atoms with E-state index in [1.807, 2.05) is 0 Å². The Balaban J connectivity index is 1.92. The summed E-state index contributed by atoms with van der Waals surface area (Å²) in [5.41, 5.74) is 6.12. The predicted octanol–water partition coefficient (Wildman–Crippen LogP) is 0.242. The van der Waals surface area contributed by atoms with Gasteiger partial charge in [0.25, 0.3) is 10.2 Å². The van der Waals surface area contributed by atoms with Gasteiger partial charge < -0.3 is 11.1 Å². The van der Waals surface area contributed by atoms with E-state index in [1.54, 1.807) is 24.3 Å². The summed E-state index contributed by atoms with van der Waals surface area (Å²) in [6, 6.07) is 6.32. The molecule has 2 amide bonds. The molecule has 1 saturated heterocycles. The number of hydrogen-bond donors (Lipinski definition) is 2. The van der Waals surface area contributed by atoms with Gasteiger partial charge in [0, 0.05) is 44.4 Å². The Hall–Kier alpha value is -1.97. The lowest BCUT2D eigenvalue weighted by atomic mass is 9.97. The number of nitrogens with two attached hydrogens (primary N) is 1. The van der Waals surface area contributed by atoms with Gasteiger partial charge in [-0.05, 0) is 37.1 Å². The molecule has 1 heterocycles. The fourth-order valence-corrected chi connectivity index (χ4v) is 3.68. The molecule has 2 rings (SSSR count). The molecule has 0 bridgehead atoms. The summed E-state index contributed by atoms with van der Waals surface area (Å²) in [5.74, 6) is -0.916. The topological polar surface area (TPSA) is 113 Å². The number of anilines is 1. The second-order valence-electron chi connectivity index (χ2n) is 5.89. The summed E-state index contributed by atoms with van der Waals surface area (Å²) in [5, 5.41) is 2.78. The molecule has 132 valence electrons. The van der Waals surface area contributed by atoms with Crippen LogP contribution in [-0.4, -0.2) is 56.0 Å². The van der Waals surface area contributed by atoms with Crippen LogP contribution < -0.4 is 11.1 Å². The van der Waals surface area contributed by atoms with Crippen LogP contribution in [-0.2, 0) is 15.0 Å². The van der Waals surface area contributed by atoms with Crippen LogP contribution in [0.25, 0.3) is 0 Å². The maximum absolute atomic E-state index is 12.3. The molecule has 3 N–H and O–H groups in total. The van der Waals surface area contributed by atoms with Gasteiger partial charge in [-0.2, -0.15) is 17.0 Å². The van der Waals surface area contributed by atoms with Gasteiger partial charge in [-0.3, -0.25) is 9.59 Å². The van der Waals surface area contributed by atoms with Gasteiger partial charge in [-0.1, -0.05) is 0 Å². The minimum absolute atomic E-state index is 0.149. The highest BCUT2D eigenvalue weighted by Crippen LogP contribution is 2.22. The molecule has 1 fully saturated rings. The lowest BCUT2D eigenvalue weighted by Crippen LogP contribution is -2.46. The average molecular weight is 354 g/mol. The fourth-order valence-electron chi connectivity index (χ4n) is 2.54. The summed E-state index contributed by atoms with van der Waals surface area (Å²) in [4.78, 5) is 23.3. The van der Waals surface area contributed by atoms with Crippen LogP contribution >= 0.6 is 0 Å². The first kappa shape index (κ1) is 18.4. The van der Waals surface area contributed by atoms with Crippen LogP contribution in [0, 0.1) is 5.92 Å². The zero-order chi connectivity index (χ0) is 17.9. The van der Waals surface area contributed by atoms with Crippen LogP contribution in [0.4, 0.5) is 5.69 Å². The van der Waals surface area contributed by atoms with E-state index in [0.29, 0.717) is 37.2 Å². The first-order valence-electron chi connectivity index (χ1n) is 7.60. The van der Waals surface area contributed by atoms with E-state index >= 15 is 0 Å². The van der Waals surface area contributed by atoms with Gasteiger partial charge >= 0.3 is 0 Å². The minimum atomic E-state index is -3.43. The molecule has 1 aromatic carbocycles. The Morgan fingerprint density at radius 3 is 2.17 bits per heavy atom. The minimum Gasteiger partial charge on any atom is -0.366 e. The van der Waals surface area contributed by atoms with Crippen molar-refractivity contribution in [2.45, 2.75) is 12.8 Å². The summed E-state index contributed by atoms with van der Waals surface area (Å²) in [6.45, 7) is 0.637. The van der Waals surface area contributed by atoms with Crippen LogP contribution in [0.15, 0.2) is 24.3 Å². The maximum Gasteiger partial charge on any atom is 0.281 e. The quantitative estimate of drug-likeness (QED) is 0.788. The number of primary amides is 1. The normalized spacial score (nSPS) is 17.0. The molecular weight excluding hydrogens is 332 g/mol. The molecule has 8 nitrogen and oxygen atoms in total. The molecule has 24 heavy (non-hydrogen) atoms. The fraction of sp³-hybridized carbons (Fsp3) is 0.467. The van der Waals surface area contributed by atoms with Gasteiger partial charge in [-0.25, -0.2) is 0 Å². The summed E-state index contributed by atoms with van der Waals surface area (Å²) in [6.07, 6.45) is 0.941. The van der Waals surface area contributed by atoms with Crippen molar-refractivity contribution < 1.29 is 18.0 Å². The largest absolute Gasteiger partial charge is 0.366 e. The molecule has 9 heteroatoms. The highest BCUT2D eigenvalue weighted by atomic mass is 32.2. The van der Waals surface area contributed by atoms with Crippen molar-refractivity contribution in [1.82, 2.24) is 8.61 Å². The number of hydrogen-bond acceptors (Lipinski definition) is 4. The summed E-state index contributed by atoms with van der Waals surface area (Å²) in [7, 11) is -0.450. The van der Waals surface area contributed by atoms with E-state index in [4.69, 9.17) is 5.73 Å². The van der Waals surface area contributed by atoms with Crippen molar-refractivity contribution >= 4 is 27.7 Å². The van der Waals surface area contributed by atoms with Crippen LogP contribution in [0.3, 0.4) is 0 Å². The highest BCUT2D eigenvalue weighted by Gasteiger charge is 2.32. The van der Waals surface area contributed by atoms with Crippen molar-refractivity contribution in [3.63, 3.8) is 0 Å². The predicted molar refractivity (Wildman–Crippen MR) is 90.5 cm³/mol. The molecule has 1 aliphatic rings. The lowest BCUT2D eigenvalue weighted by molar-refractivity contribution is -0.120. The van der Waals surface area contributed by atoms with Gasteiger partial charge in [0.05, 0.1) is 0 Å². The van der Waals surface area contributed by atoms with Crippen LogP contribution in [0.5, 0.6) is 0 Å². The molecule has 0 aliphatic carbocycles. The third kappa shape index (κ3) is 4.11. The number of benzene rings is 1. The van der Waals surface area contributed by atoms with Gasteiger partial charge in [0.2, 0.25) is 11.8 Å². The first-order valence-corrected chi connectivity index (χ1v) is 9.00. The molecular formula is C15H22N4O4S. The SMILES string of the molecule is CN(C)S(=O)(=O)N1CCC(C(=O)Nc2ccc(C(N)=O)cc2)CC1. The smallest absolute Gasteiger partial charge is 0.281 e. The number of carbonyl (C=O) groups excluding carboxylic acids is 2. The van der Waals surface area contributed by atoms with Crippen LogP contribution in [0.2, 0.25) is 0 Å². The lowest BCUT2D eigenvalue weighted by Gasteiger charge is -2.32. The van der Waals surface area contributed by atoms with Crippen molar-refractivity contribution in [3.8, 4) is 0 Å². The standard InChI is InChI=1S/C15H22N4O4S/c1-18(2)24(22,23)19-9-7-12(8-10-19)15(21)17-13-5-3-11(4-6-13)14(16)20/h3-6,12H,7-10H2,1-2H3,(H2,16,20)(H,17,21). The van der Waals surface area contributed by atoms with Gasteiger partial charge in [-0.15, -0.1) is 0 Å². The third-order valence-electron chi connectivity index (χ3n) is 4.05. The maximum atomic E-state index is 12.3. The Morgan fingerprint density at radius 1 is 1.17 bits per heavy atom. The number of rotatable bonds is 5. The second-order valence-corrected chi connectivity index (χ2v) is 8.04. The molecule has 0 saturated carbocycles. The number of piperidine rings is 1. The Bertz CT molecular complexity index is 707. The van der Waals surface area contributed by atoms with Crippen molar-refractivity contribution in [1.29, 1.82) is 0 Å². The van der Waals surface area contributed by atoms with Crippen molar-refractivity contribution in [2.24, 2.45) is 11.7 Å². The molecule has 0 radical (unpaired) electrons. The Labute approximate surface area is 141 Å². The highest BCUT2D eigenvalue weighted by molar-refractivity contribution is 7.86. The van der Waals surface area contributed by atoms with Crippen LogP contribution in [0.1, 0.15) is 23.2 Å². The zero-order valence-electron chi connectivity index (χ0n) is 13.7. The van der Waals surface area contributed by atoms with E-state index in [1.165, 1.54) is 22.7 Å². The number of nitrogens with zero attached hydrogens (tertiary/aromatic N) is 2. The molecule has 1 aliphatic heterocycles. The number of nitrogens with one attached hydrogen (secondary N) is 1. The van der Waals surface area contributed by atoms with Crippen molar-refractivity contribution in [3.05, 3.63) is 29.8 Å². The summed E-state index contributed by atoms with van der Waals surface area (Å²) >= 11 is 0. The Kier molecular flexibility index (Phi) is 5.58. The number of amides is 2. The third-order valence-corrected chi connectivity index (χ3v) is 5.99. The monoisotopic (exact) mass is 354 g/mol.